The highest BCUT2D eigenvalue weighted by Gasteiger charge is 2.32. The van der Waals surface area contributed by atoms with Crippen molar-refractivity contribution >= 4 is 11.6 Å². The Bertz CT molecular complexity index is 828. The first-order valence-corrected chi connectivity index (χ1v) is 9.14. The maximum atomic E-state index is 12.8. The number of carbonyl (C=O) groups excluding carboxylic acids is 1. The maximum Gasteiger partial charge on any atom is 0.269 e. The van der Waals surface area contributed by atoms with Gasteiger partial charge < -0.3 is 14.7 Å². The molecule has 2 aromatic rings. The van der Waals surface area contributed by atoms with Gasteiger partial charge in [-0.2, -0.15) is 0 Å². The summed E-state index contributed by atoms with van der Waals surface area (Å²) < 4.78 is 2.13. The standard InChI is InChI=1S/C19H23N5O2/c1-12(2)17(18-22-21-16-9-6-10-24(16)18)20-19(25)14-11-15(26-23-14)13-7-4-3-5-8-13/h3-5,7-8,12,15,17H,6,9-11H2,1-2H3,(H,20,25)/t15-,17-/m1/s1. The van der Waals surface area contributed by atoms with Crippen LogP contribution in [0, 0.1) is 5.92 Å². The van der Waals surface area contributed by atoms with E-state index in [1.165, 1.54) is 0 Å². The number of oxime groups is 1. The van der Waals surface area contributed by atoms with Crippen LogP contribution in [0.4, 0.5) is 0 Å². The molecule has 0 saturated carbocycles. The molecule has 0 bridgehead atoms. The summed E-state index contributed by atoms with van der Waals surface area (Å²) in [7, 11) is 0. The van der Waals surface area contributed by atoms with Crippen LogP contribution in [-0.4, -0.2) is 26.4 Å². The van der Waals surface area contributed by atoms with Gasteiger partial charge in [0.25, 0.3) is 5.91 Å². The monoisotopic (exact) mass is 353 g/mol. The fourth-order valence-corrected chi connectivity index (χ4v) is 3.51. The Balaban J connectivity index is 1.46. The summed E-state index contributed by atoms with van der Waals surface area (Å²) in [5, 5.41) is 15.7. The SMILES string of the molecule is CC(C)[C@@H](NC(=O)C1=NO[C@@H](c2ccccc2)C1)c1nnc2n1CCC2. The molecule has 1 N–H and O–H groups in total. The summed E-state index contributed by atoms with van der Waals surface area (Å²) in [5.74, 6) is 1.84. The van der Waals surface area contributed by atoms with E-state index in [4.69, 9.17) is 4.84 Å². The van der Waals surface area contributed by atoms with E-state index in [2.05, 4.69) is 39.1 Å². The van der Waals surface area contributed by atoms with Crippen molar-refractivity contribution in [1.82, 2.24) is 20.1 Å². The van der Waals surface area contributed by atoms with E-state index in [9.17, 15) is 4.79 Å². The number of benzene rings is 1. The van der Waals surface area contributed by atoms with Crippen molar-refractivity contribution in [3.63, 3.8) is 0 Å². The van der Waals surface area contributed by atoms with Crippen molar-refractivity contribution in [2.24, 2.45) is 11.1 Å². The van der Waals surface area contributed by atoms with E-state index in [-0.39, 0.29) is 24.0 Å². The van der Waals surface area contributed by atoms with E-state index in [0.29, 0.717) is 12.1 Å². The molecule has 2 aliphatic heterocycles. The first kappa shape index (κ1) is 16.8. The molecule has 136 valence electrons. The number of rotatable bonds is 5. The molecule has 2 aliphatic rings. The number of nitrogens with one attached hydrogen (secondary N) is 1. The first-order valence-electron chi connectivity index (χ1n) is 9.14. The van der Waals surface area contributed by atoms with E-state index in [0.717, 1.165) is 36.6 Å². The second kappa shape index (κ2) is 6.90. The number of hydrogen-bond acceptors (Lipinski definition) is 5. The van der Waals surface area contributed by atoms with Gasteiger partial charge in [0.1, 0.15) is 11.5 Å². The van der Waals surface area contributed by atoms with Crippen LogP contribution in [-0.2, 0) is 22.6 Å². The number of carbonyl (C=O) groups is 1. The molecule has 0 spiro atoms. The number of hydrogen-bond donors (Lipinski definition) is 1. The van der Waals surface area contributed by atoms with E-state index in [1.54, 1.807) is 0 Å². The summed E-state index contributed by atoms with van der Waals surface area (Å²) in [6.07, 6.45) is 2.30. The van der Waals surface area contributed by atoms with Crippen LogP contribution in [0.1, 0.15) is 56.0 Å². The number of nitrogens with zero attached hydrogens (tertiary/aromatic N) is 4. The second-order valence-electron chi connectivity index (χ2n) is 7.17. The molecule has 0 radical (unpaired) electrons. The lowest BCUT2D eigenvalue weighted by molar-refractivity contribution is -0.116. The minimum absolute atomic E-state index is 0.194. The summed E-state index contributed by atoms with van der Waals surface area (Å²) in [4.78, 5) is 18.2. The van der Waals surface area contributed by atoms with Crippen LogP contribution in [0.5, 0.6) is 0 Å². The average molecular weight is 353 g/mol. The van der Waals surface area contributed by atoms with Crippen molar-refractivity contribution in [3.05, 3.63) is 47.5 Å². The van der Waals surface area contributed by atoms with Crippen LogP contribution < -0.4 is 5.32 Å². The third-order valence-corrected chi connectivity index (χ3v) is 4.97. The minimum atomic E-state index is -0.202. The number of aromatic nitrogens is 3. The summed E-state index contributed by atoms with van der Waals surface area (Å²) in [6.45, 7) is 5.05. The van der Waals surface area contributed by atoms with Gasteiger partial charge in [0, 0.05) is 19.4 Å². The van der Waals surface area contributed by atoms with Gasteiger partial charge in [-0.15, -0.1) is 10.2 Å². The Morgan fingerprint density at radius 1 is 1.27 bits per heavy atom. The third-order valence-electron chi connectivity index (χ3n) is 4.97. The fourth-order valence-electron chi connectivity index (χ4n) is 3.51. The molecule has 0 saturated heterocycles. The zero-order valence-electron chi connectivity index (χ0n) is 15.1. The second-order valence-corrected chi connectivity index (χ2v) is 7.17. The Hall–Kier alpha value is -2.70. The normalized spacial score (nSPS) is 19.8. The Kier molecular flexibility index (Phi) is 4.44. The van der Waals surface area contributed by atoms with Crippen molar-refractivity contribution in [2.45, 2.75) is 51.8 Å². The van der Waals surface area contributed by atoms with Gasteiger partial charge in [-0.05, 0) is 17.9 Å². The van der Waals surface area contributed by atoms with Crippen molar-refractivity contribution in [3.8, 4) is 0 Å². The molecule has 2 atom stereocenters. The van der Waals surface area contributed by atoms with Crippen molar-refractivity contribution in [1.29, 1.82) is 0 Å². The van der Waals surface area contributed by atoms with Crippen LogP contribution in [0.2, 0.25) is 0 Å². The molecule has 7 nitrogen and oxygen atoms in total. The number of aryl methyl sites for hydroxylation is 1. The van der Waals surface area contributed by atoms with Crippen LogP contribution in [0.15, 0.2) is 35.5 Å². The van der Waals surface area contributed by atoms with Gasteiger partial charge in [-0.1, -0.05) is 49.3 Å². The molecular weight excluding hydrogens is 330 g/mol. The predicted octanol–water partition coefficient (Wildman–Crippen LogP) is 2.56. The van der Waals surface area contributed by atoms with Crippen molar-refractivity contribution < 1.29 is 9.63 Å². The topological polar surface area (TPSA) is 81.4 Å². The van der Waals surface area contributed by atoms with Crippen molar-refractivity contribution in [2.75, 3.05) is 0 Å². The maximum absolute atomic E-state index is 12.8. The molecule has 7 heteroatoms. The number of fused-ring (bicyclic) bond motifs is 1. The summed E-state index contributed by atoms with van der Waals surface area (Å²) in [5.41, 5.74) is 1.44. The summed E-state index contributed by atoms with van der Waals surface area (Å²) >= 11 is 0. The van der Waals surface area contributed by atoms with E-state index in [1.807, 2.05) is 30.3 Å². The molecule has 26 heavy (non-hydrogen) atoms. The minimum Gasteiger partial charge on any atom is -0.387 e. The molecular formula is C19H23N5O2. The highest BCUT2D eigenvalue weighted by Crippen LogP contribution is 2.28. The highest BCUT2D eigenvalue weighted by atomic mass is 16.6. The lowest BCUT2D eigenvalue weighted by atomic mass is 10.0. The highest BCUT2D eigenvalue weighted by molar-refractivity contribution is 6.39. The Morgan fingerprint density at radius 2 is 2.08 bits per heavy atom. The molecule has 0 fully saturated rings. The van der Waals surface area contributed by atoms with Gasteiger partial charge in [0.15, 0.2) is 11.9 Å². The van der Waals surface area contributed by atoms with Gasteiger partial charge in [-0.3, -0.25) is 4.79 Å². The van der Waals surface area contributed by atoms with Crippen LogP contribution in [0.3, 0.4) is 0 Å². The average Bonchev–Trinajstić information content (AvgIpc) is 3.37. The Morgan fingerprint density at radius 3 is 2.85 bits per heavy atom. The lowest BCUT2D eigenvalue weighted by Crippen LogP contribution is -2.37. The van der Waals surface area contributed by atoms with E-state index >= 15 is 0 Å². The lowest BCUT2D eigenvalue weighted by Gasteiger charge is -2.21. The quantitative estimate of drug-likeness (QED) is 0.896. The van der Waals surface area contributed by atoms with Crippen LogP contribution in [0.25, 0.3) is 0 Å². The third kappa shape index (κ3) is 3.09. The molecule has 1 aromatic heterocycles. The summed E-state index contributed by atoms with van der Waals surface area (Å²) in [6, 6.07) is 9.64. The molecule has 1 aromatic carbocycles. The molecule has 3 heterocycles. The molecule has 0 aliphatic carbocycles. The van der Waals surface area contributed by atoms with Gasteiger partial charge in [0.05, 0.1) is 6.04 Å². The molecule has 0 unspecified atom stereocenters. The zero-order valence-corrected chi connectivity index (χ0v) is 15.1. The smallest absolute Gasteiger partial charge is 0.269 e. The van der Waals surface area contributed by atoms with Crippen LogP contribution >= 0.6 is 0 Å². The molecule has 4 rings (SSSR count). The van der Waals surface area contributed by atoms with Gasteiger partial charge in [0.2, 0.25) is 0 Å². The largest absolute Gasteiger partial charge is 0.387 e. The number of amides is 1. The van der Waals surface area contributed by atoms with Gasteiger partial charge >= 0.3 is 0 Å². The first-order chi connectivity index (χ1) is 12.6. The fraction of sp³-hybridized carbons (Fsp3) is 0.474. The Labute approximate surface area is 152 Å². The van der Waals surface area contributed by atoms with Gasteiger partial charge in [-0.25, -0.2) is 0 Å². The zero-order chi connectivity index (χ0) is 18.1. The van der Waals surface area contributed by atoms with E-state index < -0.39 is 0 Å². The predicted molar refractivity (Wildman–Crippen MR) is 96.4 cm³/mol. The molecule has 1 amide bonds.